The molecule has 0 aliphatic carbocycles. The Morgan fingerprint density at radius 2 is 1.08 bits per heavy atom. The van der Waals surface area contributed by atoms with E-state index in [1.807, 2.05) is 0 Å². The molecule has 0 amide bonds. The molecule has 0 heterocycles. The predicted molar refractivity (Wildman–Crippen MR) is 103 cm³/mol. The molecule has 5 nitrogen and oxygen atoms in total. The maximum Gasteiger partial charge on any atom is 0.327 e. The van der Waals surface area contributed by atoms with Gasteiger partial charge in [0.15, 0.2) is 4.75 Å². The summed E-state index contributed by atoms with van der Waals surface area (Å²) in [6, 6.07) is 0. The van der Waals surface area contributed by atoms with Crippen LogP contribution in [0.1, 0.15) is 110 Å². The van der Waals surface area contributed by atoms with Crippen molar-refractivity contribution in [1.82, 2.24) is 0 Å². The topological polar surface area (TPSA) is 91.7 Å². The number of rotatable bonds is 17. The lowest BCUT2D eigenvalue weighted by molar-refractivity contribution is -0.140. The summed E-state index contributed by atoms with van der Waals surface area (Å²) in [5, 5.41) is 9.03. The van der Waals surface area contributed by atoms with Crippen LogP contribution in [-0.2, 0) is 14.9 Å². The van der Waals surface area contributed by atoms with Crippen LogP contribution in [0.5, 0.6) is 0 Å². The summed E-state index contributed by atoms with van der Waals surface area (Å²) in [7, 11) is -4.58. The first-order valence-electron chi connectivity index (χ1n) is 9.96. The molecule has 25 heavy (non-hydrogen) atoms. The van der Waals surface area contributed by atoms with E-state index in [2.05, 4.69) is 6.92 Å². The third-order valence-corrected chi connectivity index (χ3v) is 6.55. The summed E-state index contributed by atoms with van der Waals surface area (Å²) in [4.78, 5) is 11.1. The minimum Gasteiger partial charge on any atom is -0.480 e. The second-order valence-corrected chi connectivity index (χ2v) is 9.21. The fraction of sp³-hybridized carbons (Fsp3) is 0.947. The largest absolute Gasteiger partial charge is 0.480 e. The molecule has 0 aromatic rings. The highest BCUT2D eigenvalue weighted by Gasteiger charge is 2.45. The van der Waals surface area contributed by atoms with E-state index >= 15 is 0 Å². The van der Waals surface area contributed by atoms with Crippen molar-refractivity contribution in [2.45, 2.75) is 115 Å². The summed E-state index contributed by atoms with van der Waals surface area (Å²) >= 11 is 0. The van der Waals surface area contributed by atoms with Gasteiger partial charge in [0.25, 0.3) is 10.1 Å². The SMILES string of the molecule is CCCCCCCCCCCCCCCCC(C)(C(=O)O)S(=O)(=O)O. The highest BCUT2D eigenvalue weighted by Crippen LogP contribution is 2.24. The monoisotopic (exact) mass is 378 g/mol. The Bertz CT molecular complexity index is 447. The number of unbranched alkanes of at least 4 members (excludes halogenated alkanes) is 13. The maximum atomic E-state index is 11.2. The Morgan fingerprint density at radius 3 is 1.36 bits per heavy atom. The van der Waals surface area contributed by atoms with E-state index in [0.717, 1.165) is 26.2 Å². The van der Waals surface area contributed by atoms with Crippen LogP contribution in [0.15, 0.2) is 0 Å². The van der Waals surface area contributed by atoms with Crippen LogP contribution in [0.3, 0.4) is 0 Å². The van der Waals surface area contributed by atoms with E-state index in [0.29, 0.717) is 6.42 Å². The molecule has 0 radical (unpaired) electrons. The van der Waals surface area contributed by atoms with Crippen molar-refractivity contribution in [1.29, 1.82) is 0 Å². The predicted octanol–water partition coefficient (Wildman–Crippen LogP) is 5.59. The lowest BCUT2D eigenvalue weighted by Crippen LogP contribution is -2.43. The van der Waals surface area contributed by atoms with Crippen molar-refractivity contribution in [3.8, 4) is 0 Å². The van der Waals surface area contributed by atoms with E-state index < -0.39 is 20.8 Å². The Morgan fingerprint density at radius 1 is 0.760 bits per heavy atom. The zero-order chi connectivity index (χ0) is 19.2. The Labute approximate surface area is 154 Å². The van der Waals surface area contributed by atoms with Crippen LogP contribution in [0, 0.1) is 0 Å². The number of carboxylic acids is 1. The third-order valence-electron chi connectivity index (χ3n) is 5.03. The summed E-state index contributed by atoms with van der Waals surface area (Å²) in [6.07, 6.45) is 16.5. The molecule has 0 saturated carbocycles. The van der Waals surface area contributed by atoms with Crippen LogP contribution >= 0.6 is 0 Å². The van der Waals surface area contributed by atoms with E-state index in [9.17, 15) is 13.2 Å². The average Bonchev–Trinajstić information content (AvgIpc) is 2.53. The quantitative estimate of drug-likeness (QED) is 0.254. The van der Waals surface area contributed by atoms with Gasteiger partial charge in [-0.2, -0.15) is 8.42 Å². The first-order valence-corrected chi connectivity index (χ1v) is 11.4. The summed E-state index contributed by atoms with van der Waals surface area (Å²) < 4.78 is 29.5. The van der Waals surface area contributed by atoms with Gasteiger partial charge in [-0.15, -0.1) is 0 Å². The van der Waals surface area contributed by atoms with Gasteiger partial charge in [0.2, 0.25) is 0 Å². The fourth-order valence-corrected chi connectivity index (χ4v) is 3.63. The number of hydrogen-bond donors (Lipinski definition) is 2. The van der Waals surface area contributed by atoms with Crippen molar-refractivity contribution in [3.05, 3.63) is 0 Å². The van der Waals surface area contributed by atoms with Crippen LogP contribution in [0.25, 0.3) is 0 Å². The van der Waals surface area contributed by atoms with Gasteiger partial charge in [-0.05, 0) is 13.3 Å². The Kier molecular flexibility index (Phi) is 13.2. The molecule has 0 spiro atoms. The molecule has 1 unspecified atom stereocenters. The molecule has 2 N–H and O–H groups in total. The first-order chi connectivity index (χ1) is 11.8. The van der Waals surface area contributed by atoms with Crippen molar-refractivity contribution >= 4 is 16.1 Å². The molecule has 6 heteroatoms. The molecule has 0 aromatic heterocycles. The second kappa shape index (κ2) is 13.6. The van der Waals surface area contributed by atoms with Crippen LogP contribution < -0.4 is 0 Å². The average molecular weight is 379 g/mol. The normalized spacial score (nSPS) is 14.4. The van der Waals surface area contributed by atoms with E-state index in [1.165, 1.54) is 64.2 Å². The molecule has 0 rings (SSSR count). The molecule has 150 valence electrons. The van der Waals surface area contributed by atoms with Crippen LogP contribution in [0.2, 0.25) is 0 Å². The molecule has 0 aliphatic rings. The van der Waals surface area contributed by atoms with Gasteiger partial charge in [-0.3, -0.25) is 9.35 Å². The maximum absolute atomic E-state index is 11.2. The van der Waals surface area contributed by atoms with Crippen molar-refractivity contribution in [2.24, 2.45) is 0 Å². The minimum absolute atomic E-state index is 0.0425. The highest BCUT2D eigenvalue weighted by molar-refractivity contribution is 7.88. The lowest BCUT2D eigenvalue weighted by Gasteiger charge is -2.20. The highest BCUT2D eigenvalue weighted by atomic mass is 32.2. The Balaban J connectivity index is 3.54. The van der Waals surface area contributed by atoms with E-state index in [-0.39, 0.29) is 6.42 Å². The third kappa shape index (κ3) is 10.9. The van der Waals surface area contributed by atoms with Gasteiger partial charge in [0, 0.05) is 0 Å². The standard InChI is InChI=1S/C19H38O5S/c1-3-4-5-6-7-8-9-10-11-12-13-14-15-16-17-19(2,18(20)21)25(22,23)24/h3-17H2,1-2H3,(H,20,21)(H,22,23,24). The molecule has 0 bridgehead atoms. The number of hydrogen-bond acceptors (Lipinski definition) is 3. The molecular weight excluding hydrogens is 340 g/mol. The summed E-state index contributed by atoms with van der Waals surface area (Å²) in [5.74, 6) is -1.48. The van der Waals surface area contributed by atoms with Crippen molar-refractivity contribution in [2.75, 3.05) is 0 Å². The van der Waals surface area contributed by atoms with Gasteiger partial charge < -0.3 is 5.11 Å². The van der Waals surface area contributed by atoms with Gasteiger partial charge in [0.1, 0.15) is 0 Å². The molecule has 0 fully saturated rings. The smallest absolute Gasteiger partial charge is 0.327 e. The Hall–Kier alpha value is -0.620. The zero-order valence-electron chi connectivity index (χ0n) is 16.1. The second-order valence-electron chi connectivity index (χ2n) is 7.36. The fourth-order valence-electron chi connectivity index (χ4n) is 3.00. The number of carbonyl (C=O) groups is 1. The molecular formula is C19H38O5S. The van der Waals surface area contributed by atoms with Crippen molar-refractivity contribution < 1.29 is 22.9 Å². The lowest BCUT2D eigenvalue weighted by atomic mass is 10.0. The summed E-state index contributed by atoms with van der Waals surface area (Å²) in [5.41, 5.74) is 0. The van der Waals surface area contributed by atoms with Gasteiger partial charge in [0.05, 0.1) is 0 Å². The minimum atomic E-state index is -4.58. The van der Waals surface area contributed by atoms with E-state index in [1.54, 1.807) is 0 Å². The first kappa shape index (κ1) is 24.4. The van der Waals surface area contributed by atoms with Crippen LogP contribution in [-0.4, -0.2) is 28.8 Å². The van der Waals surface area contributed by atoms with E-state index in [4.69, 9.17) is 9.66 Å². The molecule has 0 saturated heterocycles. The zero-order valence-corrected chi connectivity index (χ0v) is 17.0. The van der Waals surface area contributed by atoms with Gasteiger partial charge >= 0.3 is 5.97 Å². The number of aliphatic carboxylic acids is 1. The molecule has 0 aliphatic heterocycles. The van der Waals surface area contributed by atoms with Gasteiger partial charge in [-0.25, -0.2) is 0 Å². The van der Waals surface area contributed by atoms with Crippen molar-refractivity contribution in [3.63, 3.8) is 0 Å². The molecule has 1 atom stereocenters. The summed E-state index contributed by atoms with van der Waals surface area (Å²) in [6.45, 7) is 3.31. The van der Waals surface area contributed by atoms with Crippen LogP contribution in [0.4, 0.5) is 0 Å². The number of carboxylic acid groups (broad SMARTS) is 1. The van der Waals surface area contributed by atoms with Gasteiger partial charge in [-0.1, -0.05) is 96.8 Å². The molecule has 0 aromatic carbocycles.